The SMILES string of the molecule is O=C(CNC(=O)C1CCCCC1)CC1CCCN(c2ncnc3[nH]ccc23)C1. The van der Waals surface area contributed by atoms with E-state index >= 15 is 0 Å². The van der Waals surface area contributed by atoms with Gasteiger partial charge < -0.3 is 15.2 Å². The van der Waals surface area contributed by atoms with Gasteiger partial charge in [0.25, 0.3) is 0 Å². The largest absolute Gasteiger partial charge is 0.356 e. The zero-order valence-corrected chi connectivity index (χ0v) is 16.3. The van der Waals surface area contributed by atoms with Gasteiger partial charge in [-0.05, 0) is 37.7 Å². The van der Waals surface area contributed by atoms with Crippen LogP contribution in [0.4, 0.5) is 5.82 Å². The Hall–Kier alpha value is -2.44. The van der Waals surface area contributed by atoms with Gasteiger partial charge in [-0.15, -0.1) is 0 Å². The molecule has 2 N–H and O–H groups in total. The number of H-pyrrole nitrogens is 1. The maximum absolute atomic E-state index is 12.4. The Morgan fingerprint density at radius 1 is 1.14 bits per heavy atom. The first-order valence-corrected chi connectivity index (χ1v) is 10.5. The molecule has 2 aromatic heterocycles. The van der Waals surface area contributed by atoms with Crippen LogP contribution in [0.2, 0.25) is 0 Å². The van der Waals surface area contributed by atoms with E-state index in [0.717, 1.165) is 68.5 Å². The number of Topliss-reactive ketones (excluding diaryl/α,β-unsaturated/α-hetero) is 1. The number of fused-ring (bicyclic) bond motifs is 1. The standard InChI is InChI=1S/C21H29N5O2/c27-17(12-23-21(28)16-6-2-1-3-7-16)11-15-5-4-10-26(13-15)20-18-8-9-22-19(18)24-14-25-20/h8-9,14-16H,1-7,10-13H2,(H,23,28)(H,22,24,25). The van der Waals surface area contributed by atoms with Crippen LogP contribution in [-0.2, 0) is 9.59 Å². The van der Waals surface area contributed by atoms with Gasteiger partial charge in [0.2, 0.25) is 5.91 Å². The van der Waals surface area contributed by atoms with Crippen LogP contribution in [0.1, 0.15) is 51.4 Å². The number of nitrogens with zero attached hydrogens (tertiary/aromatic N) is 3. The van der Waals surface area contributed by atoms with Gasteiger partial charge in [0.1, 0.15) is 17.8 Å². The quantitative estimate of drug-likeness (QED) is 0.800. The van der Waals surface area contributed by atoms with Gasteiger partial charge in [-0.2, -0.15) is 0 Å². The summed E-state index contributed by atoms with van der Waals surface area (Å²) in [4.78, 5) is 38.8. The molecule has 0 bridgehead atoms. The minimum Gasteiger partial charge on any atom is -0.356 e. The molecular weight excluding hydrogens is 354 g/mol. The number of aromatic amines is 1. The molecule has 7 nitrogen and oxygen atoms in total. The van der Waals surface area contributed by atoms with Crippen molar-refractivity contribution < 1.29 is 9.59 Å². The van der Waals surface area contributed by atoms with Crippen LogP contribution < -0.4 is 10.2 Å². The van der Waals surface area contributed by atoms with Crippen LogP contribution in [0.25, 0.3) is 11.0 Å². The van der Waals surface area contributed by atoms with E-state index in [1.54, 1.807) is 6.33 Å². The number of piperidine rings is 1. The molecule has 1 saturated carbocycles. The lowest BCUT2D eigenvalue weighted by atomic mass is 9.88. The highest BCUT2D eigenvalue weighted by Crippen LogP contribution is 2.28. The maximum Gasteiger partial charge on any atom is 0.223 e. The fourth-order valence-electron chi connectivity index (χ4n) is 4.62. The van der Waals surface area contributed by atoms with Crippen LogP contribution in [0, 0.1) is 11.8 Å². The fourth-order valence-corrected chi connectivity index (χ4v) is 4.62. The summed E-state index contributed by atoms with van der Waals surface area (Å²) in [5, 5.41) is 3.90. The highest BCUT2D eigenvalue weighted by atomic mass is 16.2. The number of carbonyl (C=O) groups excluding carboxylic acids is 2. The fraction of sp³-hybridized carbons (Fsp3) is 0.619. The Labute approximate surface area is 165 Å². The molecule has 1 amide bonds. The molecule has 2 aromatic rings. The second-order valence-electron chi connectivity index (χ2n) is 8.19. The number of ketones is 1. The number of nitrogens with one attached hydrogen (secondary N) is 2. The van der Waals surface area contributed by atoms with Crippen molar-refractivity contribution in [1.29, 1.82) is 0 Å². The van der Waals surface area contributed by atoms with Crippen LogP contribution in [0.15, 0.2) is 18.6 Å². The summed E-state index contributed by atoms with van der Waals surface area (Å²) in [6.45, 7) is 1.93. The second-order valence-corrected chi connectivity index (χ2v) is 8.19. The Kier molecular flexibility index (Phi) is 5.88. The molecule has 4 rings (SSSR count). The summed E-state index contributed by atoms with van der Waals surface area (Å²) in [6.07, 6.45) is 11.5. The Morgan fingerprint density at radius 3 is 2.86 bits per heavy atom. The smallest absolute Gasteiger partial charge is 0.223 e. The van der Waals surface area contributed by atoms with Crippen molar-refractivity contribution in [1.82, 2.24) is 20.3 Å². The van der Waals surface area contributed by atoms with Gasteiger partial charge in [-0.25, -0.2) is 9.97 Å². The zero-order chi connectivity index (χ0) is 19.3. The minimum atomic E-state index is 0.0640. The molecule has 2 fully saturated rings. The van der Waals surface area contributed by atoms with E-state index in [0.29, 0.717) is 12.3 Å². The summed E-state index contributed by atoms with van der Waals surface area (Å²) in [5.41, 5.74) is 0.841. The summed E-state index contributed by atoms with van der Waals surface area (Å²) in [7, 11) is 0. The average Bonchev–Trinajstić information content (AvgIpc) is 3.22. The Morgan fingerprint density at radius 2 is 2.00 bits per heavy atom. The predicted molar refractivity (Wildman–Crippen MR) is 108 cm³/mol. The lowest BCUT2D eigenvalue weighted by molar-refractivity contribution is -0.128. The first kappa shape index (κ1) is 18.9. The molecular formula is C21H29N5O2. The van der Waals surface area contributed by atoms with Crippen molar-refractivity contribution in [2.45, 2.75) is 51.4 Å². The first-order chi connectivity index (χ1) is 13.7. The van der Waals surface area contributed by atoms with Gasteiger partial charge in [-0.3, -0.25) is 9.59 Å². The Bertz CT molecular complexity index is 827. The number of hydrogen-bond acceptors (Lipinski definition) is 5. The summed E-state index contributed by atoms with van der Waals surface area (Å²) >= 11 is 0. The van der Waals surface area contributed by atoms with Crippen molar-refractivity contribution in [2.75, 3.05) is 24.5 Å². The van der Waals surface area contributed by atoms with Gasteiger partial charge in [0.05, 0.1) is 11.9 Å². The van der Waals surface area contributed by atoms with E-state index in [2.05, 4.69) is 25.2 Å². The lowest BCUT2D eigenvalue weighted by Gasteiger charge is -2.33. The van der Waals surface area contributed by atoms with Crippen molar-refractivity contribution >= 4 is 28.5 Å². The minimum absolute atomic E-state index is 0.0640. The number of anilines is 1. The van der Waals surface area contributed by atoms with Crippen molar-refractivity contribution in [2.24, 2.45) is 11.8 Å². The molecule has 150 valence electrons. The van der Waals surface area contributed by atoms with E-state index < -0.39 is 0 Å². The summed E-state index contributed by atoms with van der Waals surface area (Å²) in [6, 6.07) is 2.00. The van der Waals surface area contributed by atoms with E-state index in [9.17, 15) is 9.59 Å². The highest BCUT2D eigenvalue weighted by molar-refractivity contribution is 5.88. The van der Waals surface area contributed by atoms with E-state index in [1.165, 1.54) is 6.42 Å². The summed E-state index contributed by atoms with van der Waals surface area (Å²) < 4.78 is 0. The average molecular weight is 383 g/mol. The van der Waals surface area contributed by atoms with Crippen molar-refractivity contribution in [3.8, 4) is 0 Å². The molecule has 7 heteroatoms. The van der Waals surface area contributed by atoms with Crippen molar-refractivity contribution in [3.63, 3.8) is 0 Å². The van der Waals surface area contributed by atoms with Crippen LogP contribution in [0.5, 0.6) is 0 Å². The first-order valence-electron chi connectivity index (χ1n) is 10.5. The molecule has 1 unspecified atom stereocenters. The molecule has 1 saturated heterocycles. The third-order valence-corrected chi connectivity index (χ3v) is 6.10. The molecule has 0 aromatic carbocycles. The molecule has 1 atom stereocenters. The van der Waals surface area contributed by atoms with Gasteiger partial charge >= 0.3 is 0 Å². The molecule has 1 aliphatic carbocycles. The second kappa shape index (κ2) is 8.71. The van der Waals surface area contributed by atoms with Crippen LogP contribution in [0.3, 0.4) is 0 Å². The van der Waals surface area contributed by atoms with E-state index in [4.69, 9.17) is 0 Å². The number of aromatic nitrogens is 3. The molecule has 2 aliphatic rings. The van der Waals surface area contributed by atoms with Gasteiger partial charge in [-0.1, -0.05) is 19.3 Å². The highest BCUT2D eigenvalue weighted by Gasteiger charge is 2.25. The predicted octanol–water partition coefficient (Wildman–Crippen LogP) is 2.83. The summed E-state index contributed by atoms with van der Waals surface area (Å²) in [5.74, 6) is 1.54. The normalized spacial score (nSPS) is 21.0. The van der Waals surface area contributed by atoms with E-state index in [1.807, 2.05) is 12.3 Å². The molecule has 0 radical (unpaired) electrons. The maximum atomic E-state index is 12.4. The zero-order valence-electron chi connectivity index (χ0n) is 16.3. The van der Waals surface area contributed by atoms with E-state index in [-0.39, 0.29) is 24.2 Å². The molecule has 3 heterocycles. The van der Waals surface area contributed by atoms with Gasteiger partial charge in [0, 0.05) is 31.6 Å². The number of rotatable bonds is 6. The van der Waals surface area contributed by atoms with Crippen LogP contribution in [-0.4, -0.2) is 46.3 Å². The molecule has 1 aliphatic heterocycles. The Balaban J connectivity index is 1.29. The number of hydrogen-bond donors (Lipinski definition) is 2. The van der Waals surface area contributed by atoms with Gasteiger partial charge in [0.15, 0.2) is 5.78 Å². The lowest BCUT2D eigenvalue weighted by Crippen LogP contribution is -2.39. The molecule has 0 spiro atoms. The molecule has 28 heavy (non-hydrogen) atoms. The number of amides is 1. The monoisotopic (exact) mass is 383 g/mol. The number of carbonyl (C=O) groups is 2. The van der Waals surface area contributed by atoms with Crippen molar-refractivity contribution in [3.05, 3.63) is 18.6 Å². The topological polar surface area (TPSA) is 91.0 Å². The van der Waals surface area contributed by atoms with Crippen LogP contribution >= 0.6 is 0 Å². The third-order valence-electron chi connectivity index (χ3n) is 6.10. The third kappa shape index (κ3) is 4.34.